The van der Waals surface area contributed by atoms with Crippen molar-refractivity contribution >= 4 is 11.6 Å². The highest BCUT2D eigenvalue weighted by molar-refractivity contribution is 6.30. The average molecular weight is 295 g/mol. The van der Waals surface area contributed by atoms with Gasteiger partial charge in [-0.1, -0.05) is 31.5 Å². The monoisotopic (exact) mass is 294 g/mol. The quantitative estimate of drug-likeness (QED) is 0.899. The number of hydrogen-bond acceptors (Lipinski definition) is 3. The van der Waals surface area contributed by atoms with Crippen LogP contribution in [-0.2, 0) is 6.54 Å². The summed E-state index contributed by atoms with van der Waals surface area (Å²) in [6.45, 7) is 4.70. The van der Waals surface area contributed by atoms with Gasteiger partial charge in [-0.15, -0.1) is 0 Å². The van der Waals surface area contributed by atoms with Crippen LogP contribution in [0, 0.1) is 5.82 Å². The van der Waals surface area contributed by atoms with Crippen LogP contribution in [0.25, 0.3) is 0 Å². The van der Waals surface area contributed by atoms with E-state index in [0.717, 1.165) is 5.56 Å². The number of hydrogen-bond donors (Lipinski definition) is 1. The smallest absolute Gasteiger partial charge is 0.184 e. The first-order valence-electron chi connectivity index (χ1n) is 6.36. The fourth-order valence-electron chi connectivity index (χ4n) is 1.64. The van der Waals surface area contributed by atoms with Gasteiger partial charge in [-0.05, 0) is 18.2 Å². The van der Waals surface area contributed by atoms with Gasteiger partial charge in [-0.2, -0.15) is 0 Å². The lowest BCUT2D eigenvalue weighted by molar-refractivity contribution is 0.433. The van der Waals surface area contributed by atoms with Crippen molar-refractivity contribution in [1.29, 1.82) is 0 Å². The fraction of sp³-hybridized carbons (Fsp3) is 0.267. The van der Waals surface area contributed by atoms with Crippen LogP contribution in [0.5, 0.6) is 11.5 Å². The van der Waals surface area contributed by atoms with Gasteiger partial charge in [0.2, 0.25) is 0 Å². The topological polar surface area (TPSA) is 34.2 Å². The van der Waals surface area contributed by atoms with E-state index < -0.39 is 5.82 Å². The number of rotatable bonds is 5. The molecule has 1 heterocycles. The Bertz CT molecular complexity index is 590. The average Bonchev–Trinajstić information content (AvgIpc) is 2.43. The zero-order valence-electron chi connectivity index (χ0n) is 11.4. The summed E-state index contributed by atoms with van der Waals surface area (Å²) in [4.78, 5) is 4.07. The van der Waals surface area contributed by atoms with Crippen LogP contribution in [0.3, 0.4) is 0 Å². The van der Waals surface area contributed by atoms with E-state index >= 15 is 0 Å². The normalized spacial score (nSPS) is 10.8. The number of pyridine rings is 1. The zero-order chi connectivity index (χ0) is 14.5. The molecule has 0 aliphatic heterocycles. The van der Waals surface area contributed by atoms with Gasteiger partial charge in [0.15, 0.2) is 11.6 Å². The van der Waals surface area contributed by atoms with Gasteiger partial charge in [0.25, 0.3) is 0 Å². The summed E-state index contributed by atoms with van der Waals surface area (Å²) in [5, 5.41) is 3.31. The Morgan fingerprint density at radius 2 is 2.10 bits per heavy atom. The van der Waals surface area contributed by atoms with Crippen molar-refractivity contribution in [2.24, 2.45) is 0 Å². The molecule has 1 aromatic carbocycles. The summed E-state index contributed by atoms with van der Waals surface area (Å²) in [6, 6.07) is 6.72. The highest BCUT2D eigenvalue weighted by Crippen LogP contribution is 2.30. The van der Waals surface area contributed by atoms with E-state index in [0.29, 0.717) is 18.3 Å². The molecule has 0 atom stereocenters. The second-order valence-corrected chi connectivity index (χ2v) is 5.08. The molecule has 0 amide bonds. The number of nitrogens with zero attached hydrogens (tertiary/aromatic N) is 1. The summed E-state index contributed by atoms with van der Waals surface area (Å²) >= 11 is 5.74. The van der Waals surface area contributed by atoms with Crippen molar-refractivity contribution in [3.8, 4) is 11.5 Å². The van der Waals surface area contributed by atoms with E-state index in [-0.39, 0.29) is 10.8 Å². The molecular weight excluding hydrogens is 279 g/mol. The van der Waals surface area contributed by atoms with Crippen molar-refractivity contribution in [3.05, 3.63) is 53.1 Å². The maximum Gasteiger partial charge on any atom is 0.184 e. The highest BCUT2D eigenvalue weighted by Gasteiger charge is 2.11. The van der Waals surface area contributed by atoms with E-state index in [1.54, 1.807) is 30.6 Å². The zero-order valence-corrected chi connectivity index (χ0v) is 12.1. The Balaban J connectivity index is 2.22. The lowest BCUT2D eigenvalue weighted by Crippen LogP contribution is -2.22. The minimum atomic E-state index is -0.561. The molecule has 1 aromatic heterocycles. The van der Waals surface area contributed by atoms with Crippen molar-refractivity contribution in [2.45, 2.75) is 26.4 Å². The number of nitrogens with one attached hydrogen (secondary N) is 1. The number of ether oxygens (including phenoxy) is 1. The van der Waals surface area contributed by atoms with Crippen molar-refractivity contribution in [2.75, 3.05) is 0 Å². The van der Waals surface area contributed by atoms with E-state index in [4.69, 9.17) is 16.3 Å². The van der Waals surface area contributed by atoms with E-state index in [1.807, 2.05) is 13.8 Å². The molecule has 0 unspecified atom stereocenters. The van der Waals surface area contributed by atoms with Gasteiger partial charge >= 0.3 is 0 Å². The first-order valence-corrected chi connectivity index (χ1v) is 6.74. The maximum absolute atomic E-state index is 13.8. The van der Waals surface area contributed by atoms with Crippen LogP contribution in [0.2, 0.25) is 5.02 Å². The van der Waals surface area contributed by atoms with Crippen molar-refractivity contribution in [3.63, 3.8) is 0 Å². The van der Waals surface area contributed by atoms with Gasteiger partial charge in [0, 0.05) is 30.5 Å². The molecule has 1 N–H and O–H groups in total. The molecule has 2 rings (SSSR count). The lowest BCUT2D eigenvalue weighted by Gasteiger charge is -2.13. The molecule has 0 aliphatic carbocycles. The number of halogens is 2. The summed E-state index contributed by atoms with van der Waals surface area (Å²) in [7, 11) is 0. The van der Waals surface area contributed by atoms with Gasteiger partial charge in [-0.3, -0.25) is 4.98 Å². The van der Waals surface area contributed by atoms with E-state index in [9.17, 15) is 4.39 Å². The first-order chi connectivity index (χ1) is 9.58. The Morgan fingerprint density at radius 1 is 1.30 bits per heavy atom. The van der Waals surface area contributed by atoms with Crippen molar-refractivity contribution < 1.29 is 9.13 Å². The molecule has 0 saturated heterocycles. The van der Waals surface area contributed by atoms with Crippen LogP contribution in [0.15, 0.2) is 36.7 Å². The molecule has 5 heteroatoms. The van der Waals surface area contributed by atoms with Crippen LogP contribution in [-0.4, -0.2) is 11.0 Å². The molecule has 0 spiro atoms. The Kier molecular flexibility index (Phi) is 4.93. The van der Waals surface area contributed by atoms with Gasteiger partial charge in [-0.25, -0.2) is 4.39 Å². The lowest BCUT2D eigenvalue weighted by atomic mass is 10.2. The van der Waals surface area contributed by atoms with Gasteiger partial charge in [0.05, 0.1) is 5.02 Å². The number of aromatic nitrogens is 1. The van der Waals surface area contributed by atoms with Gasteiger partial charge < -0.3 is 10.1 Å². The summed E-state index contributed by atoms with van der Waals surface area (Å²) in [5.74, 6) is 0.109. The largest absolute Gasteiger partial charge is 0.454 e. The third kappa shape index (κ3) is 3.68. The Labute approximate surface area is 122 Å². The predicted molar refractivity (Wildman–Crippen MR) is 77.7 cm³/mol. The van der Waals surface area contributed by atoms with Crippen molar-refractivity contribution in [1.82, 2.24) is 10.3 Å². The molecule has 3 nitrogen and oxygen atoms in total. The molecular formula is C15H16ClFN2O. The summed E-state index contributed by atoms with van der Waals surface area (Å²) in [6.07, 6.45) is 3.31. The molecule has 0 fully saturated rings. The summed E-state index contributed by atoms with van der Waals surface area (Å²) < 4.78 is 19.5. The second-order valence-electron chi connectivity index (χ2n) is 4.67. The van der Waals surface area contributed by atoms with E-state index in [2.05, 4.69) is 10.3 Å². The van der Waals surface area contributed by atoms with Crippen LogP contribution in [0.1, 0.15) is 19.4 Å². The summed E-state index contributed by atoms with van der Waals surface area (Å²) in [5.41, 5.74) is 0.862. The standard InChI is InChI=1S/C15H16ClFN2O/c1-10(2)19-9-11-8-18-7-6-13(11)20-14-5-3-4-12(16)15(14)17/h3-8,10,19H,9H2,1-2H3. The molecule has 106 valence electrons. The van der Waals surface area contributed by atoms with Crippen LogP contribution >= 0.6 is 11.6 Å². The minimum Gasteiger partial charge on any atom is -0.454 e. The Morgan fingerprint density at radius 3 is 2.85 bits per heavy atom. The molecule has 0 radical (unpaired) electrons. The molecule has 2 aromatic rings. The minimum absolute atomic E-state index is 0.0402. The molecule has 20 heavy (non-hydrogen) atoms. The van der Waals surface area contributed by atoms with Crippen LogP contribution < -0.4 is 10.1 Å². The van der Waals surface area contributed by atoms with Crippen LogP contribution in [0.4, 0.5) is 4.39 Å². The molecule has 0 saturated carbocycles. The third-order valence-electron chi connectivity index (χ3n) is 2.70. The SMILES string of the molecule is CC(C)NCc1cnccc1Oc1cccc(Cl)c1F. The van der Waals surface area contributed by atoms with Gasteiger partial charge in [0.1, 0.15) is 5.75 Å². The molecule has 0 bridgehead atoms. The molecule has 0 aliphatic rings. The maximum atomic E-state index is 13.8. The fourth-order valence-corrected chi connectivity index (χ4v) is 1.81. The number of benzene rings is 1. The third-order valence-corrected chi connectivity index (χ3v) is 2.99. The predicted octanol–water partition coefficient (Wildman–Crippen LogP) is 4.16. The highest BCUT2D eigenvalue weighted by atomic mass is 35.5. The second kappa shape index (κ2) is 6.68. The Hall–Kier alpha value is -1.65. The first kappa shape index (κ1) is 14.8. The van der Waals surface area contributed by atoms with E-state index in [1.165, 1.54) is 6.07 Å².